The summed E-state index contributed by atoms with van der Waals surface area (Å²) in [5.41, 5.74) is 2.40. The van der Waals surface area contributed by atoms with Crippen molar-refractivity contribution in [2.24, 2.45) is 0 Å². The van der Waals surface area contributed by atoms with Crippen LogP contribution in [0.5, 0.6) is 11.5 Å². The number of H-pyrrole nitrogens is 1. The lowest BCUT2D eigenvalue weighted by atomic mass is 9.96. The summed E-state index contributed by atoms with van der Waals surface area (Å²) in [5.74, 6) is -0.424. The number of carbonyl (C=O) groups is 2. The summed E-state index contributed by atoms with van der Waals surface area (Å²) in [6.45, 7) is 0.350. The van der Waals surface area contributed by atoms with Crippen LogP contribution < -0.4 is 14.8 Å². The van der Waals surface area contributed by atoms with Gasteiger partial charge in [0.15, 0.2) is 11.5 Å². The lowest BCUT2D eigenvalue weighted by Crippen LogP contribution is -2.43. The Morgan fingerprint density at radius 1 is 1.15 bits per heavy atom. The van der Waals surface area contributed by atoms with Crippen molar-refractivity contribution in [1.82, 2.24) is 14.9 Å². The average molecular weight is 454 g/mol. The molecule has 4 rings (SSSR count). The molecule has 2 aromatic carbocycles. The van der Waals surface area contributed by atoms with E-state index < -0.39 is 23.9 Å². The number of nitrogens with zero attached hydrogens (tertiary/aromatic N) is 2. The maximum Gasteiger partial charge on any atom is 0.340 e. The molecule has 0 aliphatic carbocycles. The van der Waals surface area contributed by atoms with Crippen LogP contribution in [0.25, 0.3) is 0 Å². The van der Waals surface area contributed by atoms with E-state index in [4.69, 9.17) is 14.2 Å². The third-order valence-corrected chi connectivity index (χ3v) is 5.52. The maximum absolute atomic E-state index is 14.0. The van der Waals surface area contributed by atoms with Crippen LogP contribution in [-0.4, -0.2) is 54.7 Å². The van der Waals surface area contributed by atoms with Gasteiger partial charge in [-0.2, -0.15) is 0 Å². The molecule has 2 N–H and O–H groups in total. The van der Waals surface area contributed by atoms with Gasteiger partial charge in [-0.05, 0) is 17.7 Å². The van der Waals surface area contributed by atoms with Gasteiger partial charge in [0.25, 0.3) is 0 Å². The molecule has 0 fully saturated rings. The monoisotopic (exact) mass is 454 g/mol. The molecule has 1 aliphatic heterocycles. The lowest BCUT2D eigenvalue weighted by molar-refractivity contribution is 0.0601. The Bertz CT molecular complexity index is 1200. The number of rotatable bonds is 5. The molecule has 3 aromatic rings. The molecule has 0 unspecified atom stereocenters. The standard InChI is InChI=1S/C23H23FN4O5/c1-31-18-10-15(22(29)33-3)17(11-19(18)32-2)27-23(30)28-8-7-16-20(26-12-25-16)21(28)13-5-4-6-14(24)9-13/h4-6,9-12,21H,7-8H2,1-3H3,(H,25,26)(H,27,30)/t21-/m0/s1. The second-order valence-corrected chi connectivity index (χ2v) is 7.34. The van der Waals surface area contributed by atoms with Crippen LogP contribution in [0.15, 0.2) is 42.7 Å². The number of hydrogen-bond acceptors (Lipinski definition) is 6. The predicted molar refractivity (Wildman–Crippen MR) is 117 cm³/mol. The van der Waals surface area contributed by atoms with Gasteiger partial charge >= 0.3 is 12.0 Å². The van der Waals surface area contributed by atoms with Crippen molar-refractivity contribution in [2.75, 3.05) is 33.2 Å². The molecule has 0 saturated carbocycles. The van der Waals surface area contributed by atoms with Crippen LogP contribution in [-0.2, 0) is 11.2 Å². The number of carbonyl (C=O) groups excluding carboxylic acids is 2. The Morgan fingerprint density at radius 2 is 1.91 bits per heavy atom. The molecule has 0 spiro atoms. The van der Waals surface area contributed by atoms with E-state index in [2.05, 4.69) is 15.3 Å². The summed E-state index contributed by atoms with van der Waals surface area (Å²) in [6.07, 6.45) is 2.10. The third-order valence-electron chi connectivity index (χ3n) is 5.52. The fourth-order valence-corrected chi connectivity index (χ4v) is 3.96. The van der Waals surface area contributed by atoms with E-state index in [-0.39, 0.29) is 11.3 Å². The number of fused-ring (bicyclic) bond motifs is 1. The van der Waals surface area contributed by atoms with Crippen molar-refractivity contribution in [3.05, 3.63) is 71.1 Å². The first-order chi connectivity index (χ1) is 16.0. The SMILES string of the molecule is COC(=O)c1cc(OC)c(OC)cc1NC(=O)N1CCc2[nH]cnc2[C@@H]1c1cccc(F)c1. The van der Waals surface area contributed by atoms with Gasteiger partial charge in [0.05, 0.1) is 44.6 Å². The highest BCUT2D eigenvalue weighted by atomic mass is 19.1. The number of methoxy groups -OCH3 is 3. The Hall–Kier alpha value is -4.08. The molecule has 1 aromatic heterocycles. The number of benzene rings is 2. The van der Waals surface area contributed by atoms with Crippen molar-refractivity contribution in [3.8, 4) is 11.5 Å². The van der Waals surface area contributed by atoms with Crippen molar-refractivity contribution in [3.63, 3.8) is 0 Å². The van der Waals surface area contributed by atoms with Crippen molar-refractivity contribution >= 4 is 17.7 Å². The lowest BCUT2D eigenvalue weighted by Gasteiger charge is -2.35. The Morgan fingerprint density at radius 3 is 2.61 bits per heavy atom. The Kier molecular flexibility index (Phi) is 6.16. The third kappa shape index (κ3) is 4.19. The number of nitrogens with one attached hydrogen (secondary N) is 2. The highest BCUT2D eigenvalue weighted by Gasteiger charge is 2.35. The molecule has 2 amide bonds. The molecule has 9 nitrogen and oxygen atoms in total. The van der Waals surface area contributed by atoms with E-state index in [0.29, 0.717) is 35.7 Å². The fourth-order valence-electron chi connectivity index (χ4n) is 3.96. The zero-order valence-corrected chi connectivity index (χ0v) is 18.3. The van der Waals surface area contributed by atoms with E-state index >= 15 is 0 Å². The highest BCUT2D eigenvalue weighted by Crippen LogP contribution is 2.36. The van der Waals surface area contributed by atoms with E-state index in [1.807, 2.05) is 0 Å². The predicted octanol–water partition coefficient (Wildman–Crippen LogP) is 3.53. The molecule has 0 saturated heterocycles. The van der Waals surface area contributed by atoms with Gasteiger partial charge in [0.2, 0.25) is 0 Å². The molecule has 0 radical (unpaired) electrons. The number of imidazole rings is 1. The maximum atomic E-state index is 14.0. The minimum absolute atomic E-state index is 0.100. The van der Waals surface area contributed by atoms with Gasteiger partial charge in [-0.15, -0.1) is 0 Å². The number of hydrogen-bond donors (Lipinski definition) is 2. The smallest absolute Gasteiger partial charge is 0.340 e. The second kappa shape index (κ2) is 9.19. The van der Waals surface area contributed by atoms with Crippen molar-refractivity contribution < 1.29 is 28.2 Å². The van der Waals surface area contributed by atoms with Gasteiger partial charge < -0.3 is 29.4 Å². The van der Waals surface area contributed by atoms with Gasteiger partial charge in [0.1, 0.15) is 11.9 Å². The quantitative estimate of drug-likeness (QED) is 0.572. The van der Waals surface area contributed by atoms with E-state index in [1.54, 1.807) is 23.4 Å². The summed E-state index contributed by atoms with van der Waals surface area (Å²) >= 11 is 0. The average Bonchev–Trinajstić information content (AvgIpc) is 3.31. The Labute approximate surface area is 189 Å². The normalized spacial score (nSPS) is 14.9. The molecule has 33 heavy (non-hydrogen) atoms. The van der Waals surface area contributed by atoms with Gasteiger partial charge in [-0.1, -0.05) is 12.1 Å². The largest absolute Gasteiger partial charge is 0.493 e. The summed E-state index contributed by atoms with van der Waals surface area (Å²) in [7, 11) is 4.13. The molecule has 1 aliphatic rings. The minimum atomic E-state index is -0.652. The van der Waals surface area contributed by atoms with Crippen molar-refractivity contribution in [1.29, 1.82) is 0 Å². The molecular weight excluding hydrogens is 431 g/mol. The first-order valence-corrected chi connectivity index (χ1v) is 10.2. The molecule has 0 bridgehead atoms. The minimum Gasteiger partial charge on any atom is -0.493 e. The number of aromatic amines is 1. The Balaban J connectivity index is 1.72. The second-order valence-electron chi connectivity index (χ2n) is 7.34. The zero-order valence-electron chi connectivity index (χ0n) is 18.3. The van der Waals surface area contributed by atoms with Crippen molar-refractivity contribution in [2.45, 2.75) is 12.5 Å². The van der Waals surface area contributed by atoms with Crippen LogP contribution in [0.2, 0.25) is 0 Å². The number of anilines is 1. The van der Waals surface area contributed by atoms with Crippen LogP contribution in [0.3, 0.4) is 0 Å². The molecule has 1 atom stereocenters. The number of esters is 1. The first-order valence-electron chi connectivity index (χ1n) is 10.2. The summed E-state index contributed by atoms with van der Waals surface area (Å²) < 4.78 is 29.4. The number of aromatic nitrogens is 2. The first kappa shape index (κ1) is 22.1. The fraction of sp³-hybridized carbons (Fsp3) is 0.261. The molecule has 10 heteroatoms. The number of ether oxygens (including phenoxy) is 3. The number of urea groups is 1. The van der Waals surface area contributed by atoms with Crippen LogP contribution in [0.1, 0.15) is 33.4 Å². The number of amides is 2. The summed E-state index contributed by atoms with van der Waals surface area (Å²) in [4.78, 5) is 34.8. The van der Waals surface area contributed by atoms with Gasteiger partial charge in [-0.25, -0.2) is 19.0 Å². The molecule has 172 valence electrons. The van der Waals surface area contributed by atoms with Crippen LogP contribution in [0, 0.1) is 5.82 Å². The van der Waals surface area contributed by atoms with Gasteiger partial charge in [-0.3, -0.25) is 0 Å². The zero-order chi connectivity index (χ0) is 23.5. The van der Waals surface area contributed by atoms with Crippen LogP contribution in [0.4, 0.5) is 14.9 Å². The summed E-state index contributed by atoms with van der Waals surface area (Å²) in [5, 5.41) is 2.78. The molecule has 2 heterocycles. The van der Waals surface area contributed by atoms with Gasteiger partial charge in [0, 0.05) is 30.8 Å². The van der Waals surface area contributed by atoms with E-state index in [0.717, 1.165) is 5.69 Å². The van der Waals surface area contributed by atoms with E-state index in [1.165, 1.54) is 45.6 Å². The van der Waals surface area contributed by atoms with E-state index in [9.17, 15) is 14.0 Å². The number of halogens is 1. The molecular formula is C23H23FN4O5. The highest BCUT2D eigenvalue weighted by molar-refractivity contribution is 6.02. The summed E-state index contributed by atoms with van der Waals surface area (Å²) in [6, 6.07) is 7.88. The topological polar surface area (TPSA) is 106 Å². The van der Waals surface area contributed by atoms with Crippen LogP contribution >= 0.6 is 0 Å².